The maximum absolute atomic E-state index is 9.51. The molecule has 2 aromatic carbocycles. The number of aromatic nitrogens is 2. The summed E-state index contributed by atoms with van der Waals surface area (Å²) < 4.78 is 1.09. The fourth-order valence-electron chi connectivity index (χ4n) is 2.47. The topological polar surface area (TPSA) is 49.6 Å². The summed E-state index contributed by atoms with van der Waals surface area (Å²) in [5.41, 5.74) is 3.37. The maximum atomic E-state index is 9.51. The quantitative estimate of drug-likeness (QED) is 0.494. The van der Waals surface area contributed by atoms with E-state index in [0.29, 0.717) is 5.57 Å². The highest BCUT2D eigenvalue weighted by Gasteiger charge is 2.08. The number of hydrogen-bond acceptors (Lipinski definition) is 4. The third-order valence-corrected chi connectivity index (χ3v) is 4.66. The summed E-state index contributed by atoms with van der Waals surface area (Å²) in [6.45, 7) is 0. The smallest absolute Gasteiger partial charge is 0.135 e. The number of nitrogens with zero attached hydrogens (tertiary/aromatic N) is 3. The van der Waals surface area contributed by atoms with Gasteiger partial charge in [-0.15, -0.1) is 11.3 Å². The van der Waals surface area contributed by atoms with Crippen LogP contribution in [-0.2, 0) is 0 Å². The minimum absolute atomic E-state index is 0.571. The number of thiazole rings is 1. The van der Waals surface area contributed by atoms with E-state index in [2.05, 4.69) is 16.0 Å². The van der Waals surface area contributed by atoms with Crippen molar-refractivity contribution in [3.63, 3.8) is 0 Å². The zero-order chi connectivity index (χ0) is 15.6. The van der Waals surface area contributed by atoms with E-state index in [0.717, 1.165) is 31.7 Å². The van der Waals surface area contributed by atoms with Crippen molar-refractivity contribution in [1.29, 1.82) is 5.26 Å². The summed E-state index contributed by atoms with van der Waals surface area (Å²) in [6, 6.07) is 20.1. The predicted molar refractivity (Wildman–Crippen MR) is 94.8 cm³/mol. The van der Waals surface area contributed by atoms with Gasteiger partial charge in [0.25, 0.3) is 0 Å². The third-order valence-electron chi connectivity index (χ3n) is 3.59. The molecule has 0 atom stereocenters. The van der Waals surface area contributed by atoms with Crippen LogP contribution in [0.3, 0.4) is 0 Å². The molecule has 4 heteroatoms. The van der Waals surface area contributed by atoms with Crippen molar-refractivity contribution in [2.75, 3.05) is 0 Å². The highest BCUT2D eigenvalue weighted by molar-refractivity contribution is 7.19. The van der Waals surface area contributed by atoms with E-state index in [9.17, 15) is 5.26 Å². The van der Waals surface area contributed by atoms with Crippen LogP contribution in [0.2, 0.25) is 0 Å². The Bertz CT molecular complexity index is 1050. The average molecular weight is 313 g/mol. The SMILES string of the molecule is N#C/C(=C\c1ccc2cccnc2c1)c1nc2ccccc2s1. The minimum atomic E-state index is 0.571. The third kappa shape index (κ3) is 2.59. The van der Waals surface area contributed by atoms with Crippen LogP contribution < -0.4 is 0 Å². The number of fused-ring (bicyclic) bond motifs is 2. The molecule has 0 fully saturated rings. The largest absolute Gasteiger partial charge is 0.256 e. The number of hydrogen-bond donors (Lipinski definition) is 0. The van der Waals surface area contributed by atoms with E-state index < -0.39 is 0 Å². The second kappa shape index (κ2) is 5.64. The van der Waals surface area contributed by atoms with Gasteiger partial charge in [0.05, 0.1) is 21.3 Å². The van der Waals surface area contributed by atoms with Gasteiger partial charge in [0.1, 0.15) is 11.1 Å². The van der Waals surface area contributed by atoms with Gasteiger partial charge in [-0.05, 0) is 35.9 Å². The minimum Gasteiger partial charge on any atom is -0.256 e. The van der Waals surface area contributed by atoms with Crippen LogP contribution in [0.4, 0.5) is 0 Å². The fourth-order valence-corrected chi connectivity index (χ4v) is 3.40. The van der Waals surface area contributed by atoms with Crippen molar-refractivity contribution >= 4 is 44.1 Å². The van der Waals surface area contributed by atoms with Crippen LogP contribution in [0.5, 0.6) is 0 Å². The average Bonchev–Trinajstić information content (AvgIpc) is 3.03. The molecule has 0 spiro atoms. The molecule has 0 aliphatic rings. The first-order chi connectivity index (χ1) is 11.3. The Morgan fingerprint density at radius 3 is 2.83 bits per heavy atom. The molecule has 4 rings (SSSR count). The molecule has 108 valence electrons. The van der Waals surface area contributed by atoms with Crippen LogP contribution in [-0.4, -0.2) is 9.97 Å². The molecule has 0 saturated carbocycles. The number of allylic oxidation sites excluding steroid dienone is 1. The molecule has 0 unspecified atom stereocenters. The van der Waals surface area contributed by atoms with Gasteiger partial charge >= 0.3 is 0 Å². The van der Waals surface area contributed by atoms with Gasteiger partial charge in [-0.1, -0.05) is 30.3 Å². The van der Waals surface area contributed by atoms with Crippen LogP contribution >= 0.6 is 11.3 Å². The standard InChI is InChI=1S/C19H11N3S/c20-12-15(19-22-16-5-1-2-6-18(16)23-19)10-13-7-8-14-4-3-9-21-17(14)11-13/h1-11H/b15-10+. The molecule has 3 nitrogen and oxygen atoms in total. The molecule has 0 N–H and O–H groups in total. The Morgan fingerprint density at radius 2 is 1.96 bits per heavy atom. The Balaban J connectivity index is 1.81. The van der Waals surface area contributed by atoms with Crippen molar-refractivity contribution < 1.29 is 0 Å². The lowest BCUT2D eigenvalue weighted by molar-refractivity contribution is 1.41. The van der Waals surface area contributed by atoms with Crippen molar-refractivity contribution in [2.45, 2.75) is 0 Å². The van der Waals surface area contributed by atoms with Crippen molar-refractivity contribution in [3.05, 3.63) is 71.4 Å². The highest BCUT2D eigenvalue weighted by Crippen LogP contribution is 2.28. The number of benzene rings is 2. The van der Waals surface area contributed by atoms with Gasteiger partial charge < -0.3 is 0 Å². The molecule has 0 radical (unpaired) electrons. The van der Waals surface area contributed by atoms with Crippen molar-refractivity contribution in [3.8, 4) is 6.07 Å². The number of nitriles is 1. The highest BCUT2D eigenvalue weighted by atomic mass is 32.1. The van der Waals surface area contributed by atoms with Gasteiger partial charge in [-0.2, -0.15) is 5.26 Å². The molecular formula is C19H11N3S. The Morgan fingerprint density at radius 1 is 1.04 bits per heavy atom. The van der Waals surface area contributed by atoms with Gasteiger partial charge in [0, 0.05) is 11.6 Å². The van der Waals surface area contributed by atoms with E-state index in [1.807, 2.05) is 60.7 Å². The normalized spacial score (nSPS) is 11.7. The van der Waals surface area contributed by atoms with Gasteiger partial charge in [-0.25, -0.2) is 4.98 Å². The van der Waals surface area contributed by atoms with Crippen LogP contribution in [0.25, 0.3) is 32.8 Å². The molecule has 2 heterocycles. The Hall–Kier alpha value is -3.03. The Kier molecular flexibility index (Phi) is 3.34. The van der Waals surface area contributed by atoms with E-state index in [4.69, 9.17) is 0 Å². The van der Waals surface area contributed by atoms with E-state index in [1.165, 1.54) is 11.3 Å². The predicted octanol–water partition coefficient (Wildman–Crippen LogP) is 4.91. The molecule has 0 bridgehead atoms. The monoisotopic (exact) mass is 313 g/mol. The first kappa shape index (κ1) is 13.6. The maximum Gasteiger partial charge on any atom is 0.135 e. The van der Waals surface area contributed by atoms with Gasteiger partial charge in [0.15, 0.2) is 0 Å². The van der Waals surface area contributed by atoms with Gasteiger partial charge in [-0.3, -0.25) is 4.98 Å². The summed E-state index contributed by atoms with van der Waals surface area (Å²) in [7, 11) is 0. The van der Waals surface area contributed by atoms with Crippen LogP contribution in [0.15, 0.2) is 60.8 Å². The lowest BCUT2D eigenvalue weighted by Gasteiger charge is -1.99. The van der Waals surface area contributed by atoms with Crippen molar-refractivity contribution in [2.24, 2.45) is 0 Å². The van der Waals surface area contributed by atoms with Gasteiger partial charge in [0.2, 0.25) is 0 Å². The lowest BCUT2D eigenvalue weighted by Crippen LogP contribution is -1.82. The number of rotatable bonds is 2. The molecular weight excluding hydrogens is 302 g/mol. The first-order valence-corrected chi connectivity index (χ1v) is 7.98. The molecule has 0 amide bonds. The molecule has 0 aliphatic heterocycles. The zero-order valence-corrected chi connectivity index (χ0v) is 12.9. The molecule has 23 heavy (non-hydrogen) atoms. The Labute approximate surface area is 137 Å². The zero-order valence-electron chi connectivity index (χ0n) is 12.1. The molecule has 0 saturated heterocycles. The van der Waals surface area contributed by atoms with Crippen LogP contribution in [0.1, 0.15) is 10.6 Å². The lowest BCUT2D eigenvalue weighted by atomic mass is 10.1. The summed E-state index contributed by atoms with van der Waals surface area (Å²) >= 11 is 1.54. The second-order valence-electron chi connectivity index (χ2n) is 5.11. The molecule has 0 aliphatic carbocycles. The summed E-state index contributed by atoms with van der Waals surface area (Å²) in [5, 5.41) is 11.3. The van der Waals surface area contributed by atoms with E-state index in [1.54, 1.807) is 6.20 Å². The fraction of sp³-hybridized carbons (Fsp3) is 0. The molecule has 2 aromatic heterocycles. The number of para-hydroxylation sites is 1. The second-order valence-corrected chi connectivity index (χ2v) is 6.14. The first-order valence-electron chi connectivity index (χ1n) is 7.16. The van der Waals surface area contributed by atoms with Crippen LogP contribution in [0, 0.1) is 11.3 Å². The van der Waals surface area contributed by atoms with Crippen molar-refractivity contribution in [1.82, 2.24) is 9.97 Å². The summed E-state index contributed by atoms with van der Waals surface area (Å²) in [4.78, 5) is 8.91. The van der Waals surface area contributed by atoms with E-state index in [-0.39, 0.29) is 0 Å². The summed E-state index contributed by atoms with van der Waals surface area (Å²) in [5.74, 6) is 0. The summed E-state index contributed by atoms with van der Waals surface area (Å²) in [6.07, 6.45) is 3.64. The molecule has 4 aromatic rings. The number of pyridine rings is 1. The van der Waals surface area contributed by atoms with E-state index >= 15 is 0 Å².